The maximum absolute atomic E-state index is 12.7. The number of benzene rings is 3. The van der Waals surface area contributed by atoms with Gasteiger partial charge in [-0.2, -0.15) is 13.7 Å². The zero-order chi connectivity index (χ0) is 24.7. The number of halogens is 1. The first-order valence-electron chi connectivity index (χ1n) is 10.2. The fraction of sp³-hybridized carbons (Fsp3) is 0.120. The molecule has 9 heteroatoms. The third-order valence-corrected chi connectivity index (χ3v) is 6.33. The number of carbonyl (C=O) groups excluding carboxylic acids is 1. The Labute approximate surface area is 206 Å². The number of rotatable bonds is 8. The molecule has 0 saturated carbocycles. The normalized spacial score (nSPS) is 11.4. The van der Waals surface area contributed by atoms with Crippen LogP contribution in [0.1, 0.15) is 18.1 Å². The van der Waals surface area contributed by atoms with Gasteiger partial charge in [-0.1, -0.05) is 30.3 Å². The quantitative estimate of drug-likeness (QED) is 0.230. The molecule has 0 saturated heterocycles. The molecule has 0 aliphatic rings. The van der Waals surface area contributed by atoms with Crippen molar-refractivity contribution in [1.29, 1.82) is 5.26 Å². The van der Waals surface area contributed by atoms with Crippen molar-refractivity contribution < 1.29 is 22.1 Å². The molecule has 0 fully saturated rings. The Morgan fingerprint density at radius 2 is 1.85 bits per heavy atom. The van der Waals surface area contributed by atoms with E-state index in [1.54, 1.807) is 43.3 Å². The molecule has 0 unspecified atom stereocenters. The van der Waals surface area contributed by atoms with Gasteiger partial charge >= 0.3 is 10.1 Å². The van der Waals surface area contributed by atoms with Crippen LogP contribution in [0.25, 0.3) is 6.08 Å². The second kappa shape index (κ2) is 11.0. The van der Waals surface area contributed by atoms with Crippen LogP contribution in [0.15, 0.2) is 81.7 Å². The van der Waals surface area contributed by atoms with Crippen LogP contribution in [-0.4, -0.2) is 20.9 Å². The van der Waals surface area contributed by atoms with Crippen molar-refractivity contribution >= 4 is 43.7 Å². The third-order valence-electron chi connectivity index (χ3n) is 4.51. The summed E-state index contributed by atoms with van der Waals surface area (Å²) < 4.78 is 36.6. The Hall–Kier alpha value is -3.61. The molecule has 0 aliphatic carbocycles. The van der Waals surface area contributed by atoms with Gasteiger partial charge in [0.05, 0.1) is 11.1 Å². The number of anilines is 1. The average Bonchev–Trinajstić information content (AvgIpc) is 2.80. The number of nitrogens with one attached hydrogen (secondary N) is 1. The van der Waals surface area contributed by atoms with Crippen molar-refractivity contribution in [2.45, 2.75) is 18.7 Å². The summed E-state index contributed by atoms with van der Waals surface area (Å²) >= 11 is 3.32. The molecule has 1 amide bonds. The number of amides is 1. The monoisotopic (exact) mass is 540 g/mol. The Morgan fingerprint density at radius 1 is 1.12 bits per heavy atom. The fourth-order valence-corrected chi connectivity index (χ4v) is 4.62. The number of hydrogen-bond acceptors (Lipinski definition) is 6. The number of ether oxygens (including phenoxy) is 1. The van der Waals surface area contributed by atoms with Crippen molar-refractivity contribution in [3.05, 3.63) is 87.9 Å². The lowest BCUT2D eigenvalue weighted by atomic mass is 10.1. The zero-order valence-electron chi connectivity index (χ0n) is 18.4. The van der Waals surface area contributed by atoms with E-state index < -0.39 is 16.0 Å². The molecule has 3 aromatic carbocycles. The Morgan fingerprint density at radius 3 is 2.50 bits per heavy atom. The highest BCUT2D eigenvalue weighted by atomic mass is 79.9. The van der Waals surface area contributed by atoms with Gasteiger partial charge in [-0.25, -0.2) is 0 Å². The van der Waals surface area contributed by atoms with Gasteiger partial charge in [-0.15, -0.1) is 0 Å². The smallest absolute Gasteiger partial charge is 0.339 e. The standard InChI is InChI=1S/C25H21BrN2O5S/c1-3-32-23-15-18(13-19(16-27)25(29)28-20-9-7-8-17(2)12-20)14-22(26)24(23)33-34(30,31)21-10-5-4-6-11-21/h4-15H,3H2,1-2H3,(H,28,29)/b19-13+. The second-order valence-electron chi connectivity index (χ2n) is 7.11. The van der Waals surface area contributed by atoms with Gasteiger partial charge < -0.3 is 14.2 Å². The van der Waals surface area contributed by atoms with E-state index in [2.05, 4.69) is 21.2 Å². The lowest BCUT2D eigenvalue weighted by Gasteiger charge is -2.14. The molecule has 1 N–H and O–H groups in total. The molecule has 0 spiro atoms. The molecule has 0 aliphatic heterocycles. The van der Waals surface area contributed by atoms with Gasteiger partial charge in [0.1, 0.15) is 16.5 Å². The van der Waals surface area contributed by atoms with E-state index in [4.69, 9.17) is 8.92 Å². The van der Waals surface area contributed by atoms with Crippen molar-refractivity contribution in [3.63, 3.8) is 0 Å². The van der Waals surface area contributed by atoms with Crippen LogP contribution in [0.3, 0.4) is 0 Å². The van der Waals surface area contributed by atoms with Gasteiger partial charge in [0.2, 0.25) is 0 Å². The van der Waals surface area contributed by atoms with E-state index >= 15 is 0 Å². The highest BCUT2D eigenvalue weighted by Gasteiger charge is 2.22. The van der Waals surface area contributed by atoms with Crippen LogP contribution in [0.4, 0.5) is 5.69 Å². The topological polar surface area (TPSA) is 105 Å². The molecule has 0 radical (unpaired) electrons. The van der Waals surface area contributed by atoms with Crippen molar-refractivity contribution in [2.24, 2.45) is 0 Å². The number of nitrogens with zero attached hydrogens (tertiary/aromatic N) is 1. The Kier molecular flexibility index (Phi) is 8.10. The average molecular weight is 541 g/mol. The summed E-state index contributed by atoms with van der Waals surface area (Å²) in [7, 11) is -4.11. The minimum absolute atomic E-state index is 0.00657. The van der Waals surface area contributed by atoms with Crippen LogP contribution in [0, 0.1) is 18.3 Å². The maximum Gasteiger partial charge on any atom is 0.339 e. The molecule has 3 rings (SSSR count). The summed E-state index contributed by atoms with van der Waals surface area (Å²) in [6, 6.07) is 19.9. The van der Waals surface area contributed by atoms with E-state index in [0.29, 0.717) is 11.3 Å². The van der Waals surface area contributed by atoms with Crippen molar-refractivity contribution in [3.8, 4) is 17.6 Å². The molecular formula is C25H21BrN2O5S. The summed E-state index contributed by atoms with van der Waals surface area (Å²) in [6.45, 7) is 3.87. The van der Waals surface area contributed by atoms with E-state index in [1.807, 2.05) is 19.1 Å². The molecule has 34 heavy (non-hydrogen) atoms. The van der Waals surface area contributed by atoms with E-state index in [1.165, 1.54) is 30.3 Å². The van der Waals surface area contributed by atoms with Gasteiger partial charge in [0.15, 0.2) is 11.5 Å². The zero-order valence-corrected chi connectivity index (χ0v) is 20.8. The van der Waals surface area contributed by atoms with Crippen LogP contribution < -0.4 is 14.2 Å². The molecule has 3 aromatic rings. The van der Waals surface area contributed by atoms with Crippen molar-refractivity contribution in [2.75, 3.05) is 11.9 Å². The lowest BCUT2D eigenvalue weighted by molar-refractivity contribution is -0.112. The van der Waals surface area contributed by atoms with Crippen molar-refractivity contribution in [1.82, 2.24) is 0 Å². The molecule has 0 bridgehead atoms. The first-order chi connectivity index (χ1) is 16.2. The maximum atomic E-state index is 12.7. The lowest BCUT2D eigenvalue weighted by Crippen LogP contribution is -2.13. The highest BCUT2D eigenvalue weighted by Crippen LogP contribution is 2.39. The summed E-state index contributed by atoms with van der Waals surface area (Å²) in [5.74, 6) is -0.473. The summed E-state index contributed by atoms with van der Waals surface area (Å²) in [5, 5.41) is 12.2. The predicted octanol–water partition coefficient (Wildman–Crippen LogP) is 5.47. The van der Waals surface area contributed by atoms with Crippen LogP contribution in [-0.2, 0) is 14.9 Å². The van der Waals surface area contributed by atoms with Crippen LogP contribution >= 0.6 is 15.9 Å². The number of hydrogen-bond donors (Lipinski definition) is 1. The van der Waals surface area contributed by atoms with Gasteiger partial charge in [0, 0.05) is 5.69 Å². The molecular weight excluding hydrogens is 520 g/mol. The first-order valence-corrected chi connectivity index (χ1v) is 12.4. The van der Waals surface area contributed by atoms with Gasteiger partial charge in [-0.05, 0) is 83.4 Å². The highest BCUT2D eigenvalue weighted by molar-refractivity contribution is 9.10. The van der Waals surface area contributed by atoms with E-state index in [0.717, 1.165) is 5.56 Å². The molecule has 0 aromatic heterocycles. The minimum Gasteiger partial charge on any atom is -0.490 e. The van der Waals surface area contributed by atoms with Crippen LogP contribution in [0.2, 0.25) is 0 Å². The summed E-state index contributed by atoms with van der Waals surface area (Å²) in [6.07, 6.45) is 1.38. The molecule has 0 heterocycles. The number of carbonyl (C=O) groups is 1. The predicted molar refractivity (Wildman–Crippen MR) is 133 cm³/mol. The fourth-order valence-electron chi connectivity index (χ4n) is 3.00. The first kappa shape index (κ1) is 25.0. The summed E-state index contributed by atoms with van der Waals surface area (Å²) in [5.41, 5.74) is 1.83. The summed E-state index contributed by atoms with van der Waals surface area (Å²) in [4.78, 5) is 12.6. The molecule has 174 valence electrons. The Bertz CT molecular complexity index is 1380. The third kappa shape index (κ3) is 6.25. The van der Waals surface area contributed by atoms with E-state index in [9.17, 15) is 18.5 Å². The largest absolute Gasteiger partial charge is 0.490 e. The number of nitriles is 1. The Balaban J connectivity index is 1.94. The second-order valence-corrected chi connectivity index (χ2v) is 9.51. The molecule has 0 atom stereocenters. The number of aryl methyl sites for hydroxylation is 1. The minimum atomic E-state index is -4.11. The van der Waals surface area contributed by atoms with Crippen LogP contribution in [0.5, 0.6) is 11.5 Å². The SMILES string of the molecule is CCOc1cc(/C=C(\C#N)C(=O)Nc2cccc(C)c2)cc(Br)c1OS(=O)(=O)c1ccccc1. The molecule has 7 nitrogen and oxygen atoms in total. The van der Waals surface area contributed by atoms with Gasteiger partial charge in [-0.3, -0.25) is 4.79 Å². The van der Waals surface area contributed by atoms with E-state index in [-0.39, 0.29) is 33.0 Å². The van der Waals surface area contributed by atoms with Gasteiger partial charge in [0.25, 0.3) is 5.91 Å².